The predicted molar refractivity (Wildman–Crippen MR) is 91.9 cm³/mol. The summed E-state index contributed by atoms with van der Waals surface area (Å²) >= 11 is 1.27. The highest BCUT2D eigenvalue weighted by atomic mass is 32.2. The zero-order chi connectivity index (χ0) is 17.4. The number of anilines is 1. The number of hydrogen-bond donors (Lipinski definition) is 2. The highest BCUT2D eigenvalue weighted by Crippen LogP contribution is 2.17. The summed E-state index contributed by atoms with van der Waals surface area (Å²) in [5.74, 6) is 1.03. The highest BCUT2D eigenvalue weighted by Gasteiger charge is 2.07. The van der Waals surface area contributed by atoms with Crippen molar-refractivity contribution < 1.29 is 14.3 Å². The van der Waals surface area contributed by atoms with Crippen LogP contribution in [0, 0.1) is 0 Å². The number of nitrogens with zero attached hydrogens (tertiary/aromatic N) is 2. The quantitative estimate of drug-likeness (QED) is 0.743. The lowest BCUT2D eigenvalue weighted by molar-refractivity contribution is -0.118. The molecule has 24 heavy (non-hydrogen) atoms. The van der Waals surface area contributed by atoms with E-state index >= 15 is 0 Å². The van der Waals surface area contributed by atoms with Crippen molar-refractivity contribution in [1.82, 2.24) is 15.5 Å². The molecular weight excluding hydrogens is 328 g/mol. The summed E-state index contributed by atoms with van der Waals surface area (Å²) in [5.41, 5.74) is 0.915. The van der Waals surface area contributed by atoms with Crippen molar-refractivity contribution in [3.8, 4) is 5.75 Å². The first-order valence-corrected chi connectivity index (χ1v) is 8.19. The number of methoxy groups -OCH3 is 1. The monoisotopic (exact) mass is 346 g/mol. The van der Waals surface area contributed by atoms with Crippen molar-refractivity contribution >= 4 is 29.4 Å². The summed E-state index contributed by atoms with van der Waals surface area (Å²) < 4.78 is 5.24. The third kappa shape index (κ3) is 5.54. The summed E-state index contributed by atoms with van der Waals surface area (Å²) in [6.45, 7) is 1.80. The number of amides is 2. The predicted octanol–water partition coefficient (Wildman–Crippen LogP) is 1.85. The molecule has 0 unspecified atom stereocenters. The Morgan fingerprint density at radius 2 is 1.96 bits per heavy atom. The number of ether oxygens (including phenoxy) is 1. The third-order valence-corrected chi connectivity index (χ3v) is 3.88. The lowest BCUT2D eigenvalue weighted by Gasteiger charge is -2.09. The second kappa shape index (κ2) is 8.88. The van der Waals surface area contributed by atoms with Crippen LogP contribution in [-0.2, 0) is 16.1 Å². The van der Waals surface area contributed by atoms with Crippen LogP contribution in [0.5, 0.6) is 5.75 Å². The molecule has 0 aliphatic heterocycles. The number of para-hydroxylation sites is 1. The first-order chi connectivity index (χ1) is 11.6. The summed E-state index contributed by atoms with van der Waals surface area (Å²) in [6, 6.07) is 10.9. The van der Waals surface area contributed by atoms with Gasteiger partial charge in [-0.1, -0.05) is 30.0 Å². The first kappa shape index (κ1) is 17.7. The van der Waals surface area contributed by atoms with E-state index in [1.165, 1.54) is 18.7 Å². The molecule has 0 saturated heterocycles. The summed E-state index contributed by atoms with van der Waals surface area (Å²) in [7, 11) is 1.60. The van der Waals surface area contributed by atoms with Crippen LogP contribution in [0.25, 0.3) is 0 Å². The molecular formula is C16H18N4O3S. The molecule has 0 saturated carbocycles. The fourth-order valence-electron chi connectivity index (χ4n) is 1.88. The van der Waals surface area contributed by atoms with Crippen molar-refractivity contribution in [2.24, 2.45) is 0 Å². The van der Waals surface area contributed by atoms with Gasteiger partial charge in [-0.2, -0.15) is 0 Å². The van der Waals surface area contributed by atoms with E-state index in [4.69, 9.17) is 4.74 Å². The molecule has 0 aliphatic carbocycles. The third-order valence-electron chi connectivity index (χ3n) is 2.96. The van der Waals surface area contributed by atoms with Crippen LogP contribution in [-0.4, -0.2) is 34.9 Å². The van der Waals surface area contributed by atoms with Crippen molar-refractivity contribution in [3.05, 3.63) is 42.0 Å². The Balaban J connectivity index is 1.79. The van der Waals surface area contributed by atoms with Crippen LogP contribution in [0.1, 0.15) is 12.5 Å². The molecule has 0 radical (unpaired) electrons. The van der Waals surface area contributed by atoms with Gasteiger partial charge in [0, 0.05) is 19.0 Å². The van der Waals surface area contributed by atoms with Gasteiger partial charge in [0.1, 0.15) is 10.8 Å². The molecule has 2 N–H and O–H groups in total. The van der Waals surface area contributed by atoms with Gasteiger partial charge in [0.15, 0.2) is 5.82 Å². The minimum Gasteiger partial charge on any atom is -0.496 e. The van der Waals surface area contributed by atoms with Gasteiger partial charge in [-0.3, -0.25) is 9.59 Å². The number of hydrogen-bond acceptors (Lipinski definition) is 6. The molecule has 0 spiro atoms. The lowest BCUT2D eigenvalue weighted by atomic mass is 10.2. The number of rotatable bonds is 7. The highest BCUT2D eigenvalue weighted by molar-refractivity contribution is 7.99. The van der Waals surface area contributed by atoms with Crippen LogP contribution in [0.4, 0.5) is 5.82 Å². The number of carbonyl (C=O) groups excluding carboxylic acids is 2. The minimum absolute atomic E-state index is 0.112. The largest absolute Gasteiger partial charge is 0.496 e. The Bertz CT molecular complexity index is 707. The number of benzene rings is 1. The van der Waals surface area contributed by atoms with Crippen LogP contribution < -0.4 is 15.4 Å². The maximum atomic E-state index is 11.9. The summed E-state index contributed by atoms with van der Waals surface area (Å²) in [5, 5.41) is 13.8. The molecule has 0 fully saturated rings. The van der Waals surface area contributed by atoms with Gasteiger partial charge in [0.25, 0.3) is 0 Å². The van der Waals surface area contributed by atoms with Crippen LogP contribution in [0.3, 0.4) is 0 Å². The van der Waals surface area contributed by atoms with Gasteiger partial charge < -0.3 is 15.4 Å². The Morgan fingerprint density at radius 1 is 1.17 bits per heavy atom. The molecule has 0 atom stereocenters. The van der Waals surface area contributed by atoms with Crippen molar-refractivity contribution in [2.75, 3.05) is 18.2 Å². The average Bonchev–Trinajstić information content (AvgIpc) is 2.59. The summed E-state index contributed by atoms with van der Waals surface area (Å²) in [4.78, 5) is 22.8. The SMILES string of the molecule is COc1ccccc1CNC(=O)CSc1ccc(NC(C)=O)nn1. The summed E-state index contributed by atoms with van der Waals surface area (Å²) in [6.07, 6.45) is 0. The molecule has 0 aliphatic rings. The van der Waals surface area contributed by atoms with Gasteiger partial charge in [-0.05, 0) is 18.2 Å². The average molecular weight is 346 g/mol. The molecule has 1 aromatic heterocycles. The number of thioether (sulfide) groups is 1. The lowest BCUT2D eigenvalue weighted by Crippen LogP contribution is -2.24. The smallest absolute Gasteiger partial charge is 0.230 e. The molecule has 7 nitrogen and oxygen atoms in total. The van der Waals surface area contributed by atoms with E-state index in [2.05, 4.69) is 20.8 Å². The zero-order valence-corrected chi connectivity index (χ0v) is 14.2. The van der Waals surface area contributed by atoms with Gasteiger partial charge >= 0.3 is 0 Å². The van der Waals surface area contributed by atoms with Gasteiger partial charge in [0.2, 0.25) is 11.8 Å². The normalized spacial score (nSPS) is 10.1. The Labute approximate surface area is 144 Å². The van der Waals surface area contributed by atoms with E-state index in [0.717, 1.165) is 11.3 Å². The molecule has 0 bridgehead atoms. The van der Waals surface area contributed by atoms with Gasteiger partial charge in [-0.15, -0.1) is 10.2 Å². The molecule has 2 aromatic rings. The Hall–Kier alpha value is -2.61. The van der Waals surface area contributed by atoms with Crippen LogP contribution in [0.2, 0.25) is 0 Å². The topological polar surface area (TPSA) is 93.2 Å². The maximum Gasteiger partial charge on any atom is 0.230 e. The van der Waals surface area contributed by atoms with E-state index in [-0.39, 0.29) is 17.6 Å². The van der Waals surface area contributed by atoms with E-state index in [1.807, 2.05) is 24.3 Å². The van der Waals surface area contributed by atoms with E-state index < -0.39 is 0 Å². The molecule has 2 amide bonds. The second-order valence-electron chi connectivity index (χ2n) is 4.82. The van der Waals surface area contributed by atoms with Crippen molar-refractivity contribution in [1.29, 1.82) is 0 Å². The Morgan fingerprint density at radius 3 is 2.62 bits per heavy atom. The molecule has 8 heteroatoms. The molecule has 2 rings (SSSR count). The minimum atomic E-state index is -0.208. The zero-order valence-electron chi connectivity index (χ0n) is 13.4. The van der Waals surface area contributed by atoms with E-state index in [0.29, 0.717) is 17.4 Å². The standard InChI is InChI=1S/C16H18N4O3S/c1-11(21)18-14-7-8-16(20-19-14)24-10-15(22)17-9-12-5-3-4-6-13(12)23-2/h3-8H,9-10H2,1-2H3,(H,17,22)(H,18,19,21). The van der Waals surface area contributed by atoms with Crippen molar-refractivity contribution in [2.45, 2.75) is 18.5 Å². The van der Waals surface area contributed by atoms with E-state index in [9.17, 15) is 9.59 Å². The van der Waals surface area contributed by atoms with Gasteiger partial charge in [-0.25, -0.2) is 0 Å². The Kier molecular flexibility index (Phi) is 6.56. The van der Waals surface area contributed by atoms with Crippen LogP contribution in [0.15, 0.2) is 41.4 Å². The molecule has 126 valence electrons. The van der Waals surface area contributed by atoms with Crippen LogP contribution >= 0.6 is 11.8 Å². The van der Waals surface area contributed by atoms with E-state index in [1.54, 1.807) is 19.2 Å². The van der Waals surface area contributed by atoms with Gasteiger partial charge in [0.05, 0.1) is 12.9 Å². The molecule has 1 aromatic carbocycles. The number of aromatic nitrogens is 2. The fourth-order valence-corrected chi connectivity index (χ4v) is 2.52. The maximum absolute atomic E-state index is 11.9. The first-order valence-electron chi connectivity index (χ1n) is 7.21. The molecule has 1 heterocycles. The number of carbonyl (C=O) groups is 2. The second-order valence-corrected chi connectivity index (χ2v) is 5.81. The fraction of sp³-hybridized carbons (Fsp3) is 0.250. The van der Waals surface area contributed by atoms with Crippen molar-refractivity contribution in [3.63, 3.8) is 0 Å². The number of nitrogens with one attached hydrogen (secondary N) is 2.